The van der Waals surface area contributed by atoms with Crippen molar-refractivity contribution in [2.24, 2.45) is 5.73 Å². The van der Waals surface area contributed by atoms with Crippen LogP contribution in [-0.2, 0) is 14.9 Å². The number of carbonyl (C=O) groups is 1. The Hall–Kier alpha value is -0.960. The summed E-state index contributed by atoms with van der Waals surface area (Å²) >= 11 is 1.48. The van der Waals surface area contributed by atoms with Crippen LogP contribution < -0.4 is 5.73 Å². The zero-order valence-electron chi connectivity index (χ0n) is 8.53. The third-order valence-electron chi connectivity index (χ3n) is 1.30. The average molecular weight is 267 g/mol. The second-order valence-corrected chi connectivity index (χ2v) is 5.40. The molecule has 0 fully saturated rings. The van der Waals surface area contributed by atoms with E-state index in [1.54, 1.807) is 0 Å². The maximum Gasteiger partial charge on any atom is 0.305 e. The number of aliphatic carboxylic acids is 1. The Labute approximate surface area is 97.5 Å². The summed E-state index contributed by atoms with van der Waals surface area (Å²) in [4.78, 5) is 11.2. The molecule has 0 radical (unpaired) electrons. The highest BCUT2D eigenvalue weighted by molar-refractivity contribution is 7.85. The highest BCUT2D eigenvalue weighted by atomic mass is 32.2. The van der Waals surface area contributed by atoms with Crippen LogP contribution in [0.15, 0.2) is 17.5 Å². The first-order valence-electron chi connectivity index (χ1n) is 4.13. The molecule has 0 saturated carbocycles. The van der Waals surface area contributed by atoms with Gasteiger partial charge in [0, 0.05) is 10.9 Å². The zero-order chi connectivity index (χ0) is 12.8. The molecule has 4 N–H and O–H groups in total. The third-order valence-corrected chi connectivity index (χ3v) is 2.31. The van der Waals surface area contributed by atoms with E-state index in [1.165, 1.54) is 11.3 Å². The molecule has 0 saturated heterocycles. The first kappa shape index (κ1) is 15.0. The lowest BCUT2D eigenvalue weighted by Gasteiger charge is -2.03. The highest BCUT2D eigenvalue weighted by Gasteiger charge is 2.10. The lowest BCUT2D eigenvalue weighted by atomic mass is 10.2. The summed E-state index contributed by atoms with van der Waals surface area (Å²) in [5.74, 6) is -0.856. The first-order valence-corrected chi connectivity index (χ1v) is 6.86. The largest absolute Gasteiger partial charge is 0.481 e. The van der Waals surface area contributed by atoms with Crippen LogP contribution in [0.2, 0.25) is 0 Å². The van der Waals surface area contributed by atoms with Crippen LogP contribution in [0.25, 0.3) is 0 Å². The van der Waals surface area contributed by atoms with Gasteiger partial charge in [-0.1, -0.05) is 6.07 Å². The Morgan fingerprint density at radius 3 is 2.44 bits per heavy atom. The maximum atomic E-state index is 10.2. The number of hydrogen-bond donors (Lipinski definition) is 3. The van der Waals surface area contributed by atoms with Crippen molar-refractivity contribution < 1.29 is 22.9 Å². The van der Waals surface area contributed by atoms with Gasteiger partial charge in [-0.2, -0.15) is 8.42 Å². The summed E-state index contributed by atoms with van der Waals surface area (Å²) in [5, 5.41) is 10.3. The van der Waals surface area contributed by atoms with E-state index >= 15 is 0 Å². The van der Waals surface area contributed by atoms with Crippen molar-refractivity contribution in [1.82, 2.24) is 0 Å². The van der Waals surface area contributed by atoms with E-state index in [-0.39, 0.29) is 12.5 Å². The van der Waals surface area contributed by atoms with E-state index in [9.17, 15) is 13.2 Å². The molecule has 1 heterocycles. The van der Waals surface area contributed by atoms with Gasteiger partial charge in [-0.3, -0.25) is 9.35 Å². The Kier molecular flexibility index (Phi) is 6.19. The molecule has 1 rings (SSSR count). The maximum absolute atomic E-state index is 10.2. The molecular formula is C8H13NO5S2. The summed E-state index contributed by atoms with van der Waals surface area (Å²) in [6.07, 6.45) is 0.716. The van der Waals surface area contributed by atoms with Crippen molar-refractivity contribution in [3.8, 4) is 0 Å². The molecule has 1 aromatic heterocycles. The molecule has 0 bridgehead atoms. The fraction of sp³-hybridized carbons (Fsp3) is 0.375. The quantitative estimate of drug-likeness (QED) is 0.695. The Bertz CT molecular complexity index is 404. The molecule has 0 amide bonds. The normalized spacial score (nSPS) is 12.4. The van der Waals surface area contributed by atoms with Gasteiger partial charge in [0.05, 0.1) is 12.7 Å². The van der Waals surface area contributed by atoms with Gasteiger partial charge in [0.2, 0.25) is 0 Å². The molecule has 6 nitrogen and oxygen atoms in total. The number of rotatable bonds is 3. The van der Waals surface area contributed by atoms with Crippen LogP contribution in [0, 0.1) is 0 Å². The molecule has 0 spiro atoms. The Morgan fingerprint density at radius 1 is 1.62 bits per heavy atom. The Morgan fingerprint density at radius 2 is 2.12 bits per heavy atom. The predicted molar refractivity (Wildman–Crippen MR) is 61.0 cm³/mol. The molecule has 92 valence electrons. The molecule has 0 aliphatic carbocycles. The minimum absolute atomic E-state index is 0.000509. The second kappa shape index (κ2) is 6.59. The first-order chi connectivity index (χ1) is 7.20. The van der Waals surface area contributed by atoms with Crippen molar-refractivity contribution >= 4 is 27.4 Å². The van der Waals surface area contributed by atoms with E-state index in [1.807, 2.05) is 17.5 Å². The van der Waals surface area contributed by atoms with Crippen LogP contribution in [0.4, 0.5) is 0 Å². The number of thiophene rings is 1. The zero-order valence-corrected chi connectivity index (χ0v) is 10.2. The predicted octanol–water partition coefficient (Wildman–Crippen LogP) is 0.727. The lowest BCUT2D eigenvalue weighted by molar-refractivity contribution is -0.137. The van der Waals surface area contributed by atoms with E-state index in [4.69, 9.17) is 15.4 Å². The van der Waals surface area contributed by atoms with E-state index < -0.39 is 16.1 Å². The summed E-state index contributed by atoms with van der Waals surface area (Å²) < 4.78 is 25.9. The smallest absolute Gasteiger partial charge is 0.305 e. The van der Waals surface area contributed by atoms with E-state index in [0.29, 0.717) is 6.26 Å². The number of hydrogen-bond acceptors (Lipinski definition) is 5. The van der Waals surface area contributed by atoms with Crippen molar-refractivity contribution in [3.05, 3.63) is 22.4 Å². The highest BCUT2D eigenvalue weighted by Crippen LogP contribution is 2.18. The lowest BCUT2D eigenvalue weighted by Crippen LogP contribution is -2.13. The summed E-state index contributed by atoms with van der Waals surface area (Å²) in [7, 11) is -3.67. The van der Waals surface area contributed by atoms with Gasteiger partial charge >= 0.3 is 5.97 Å². The molecule has 0 aliphatic heterocycles. The SMILES string of the molecule is CS(=O)(=O)O.N[C@H](CC(=O)O)c1cccs1. The van der Waals surface area contributed by atoms with E-state index in [2.05, 4.69) is 0 Å². The molecular weight excluding hydrogens is 254 g/mol. The molecule has 0 unspecified atom stereocenters. The second-order valence-electron chi connectivity index (χ2n) is 2.95. The van der Waals surface area contributed by atoms with Crippen molar-refractivity contribution in [3.63, 3.8) is 0 Å². The van der Waals surface area contributed by atoms with Gasteiger partial charge < -0.3 is 10.8 Å². The molecule has 1 atom stereocenters. The third kappa shape index (κ3) is 9.59. The van der Waals surface area contributed by atoms with Crippen LogP contribution >= 0.6 is 11.3 Å². The van der Waals surface area contributed by atoms with Crippen LogP contribution in [0.1, 0.15) is 17.3 Å². The van der Waals surface area contributed by atoms with Crippen molar-refractivity contribution in [1.29, 1.82) is 0 Å². The molecule has 0 aromatic carbocycles. The number of nitrogens with two attached hydrogens (primary N) is 1. The summed E-state index contributed by atoms with van der Waals surface area (Å²) in [5.41, 5.74) is 5.57. The fourth-order valence-electron chi connectivity index (χ4n) is 0.791. The topological polar surface area (TPSA) is 118 Å². The van der Waals surface area contributed by atoms with Gasteiger partial charge in [-0.05, 0) is 11.4 Å². The van der Waals surface area contributed by atoms with Gasteiger partial charge in [0.15, 0.2) is 0 Å². The van der Waals surface area contributed by atoms with Gasteiger partial charge in [-0.15, -0.1) is 11.3 Å². The van der Waals surface area contributed by atoms with E-state index in [0.717, 1.165) is 4.88 Å². The molecule has 16 heavy (non-hydrogen) atoms. The van der Waals surface area contributed by atoms with Crippen molar-refractivity contribution in [2.75, 3.05) is 6.26 Å². The van der Waals surface area contributed by atoms with Crippen LogP contribution in [0.3, 0.4) is 0 Å². The molecule has 8 heteroatoms. The monoisotopic (exact) mass is 267 g/mol. The minimum Gasteiger partial charge on any atom is -0.481 e. The standard InChI is InChI=1S/C7H9NO2S.CH4O3S/c8-5(4-7(9)10)6-2-1-3-11-6;1-5(2,3)4/h1-3,5H,4,8H2,(H,9,10);1H3,(H,2,3,4)/t5-;/m1./s1. The molecule has 1 aromatic rings. The van der Waals surface area contributed by atoms with Gasteiger partial charge in [-0.25, -0.2) is 0 Å². The fourth-order valence-corrected chi connectivity index (χ4v) is 1.52. The summed E-state index contributed by atoms with van der Waals surface area (Å²) in [6.45, 7) is 0. The summed E-state index contributed by atoms with van der Waals surface area (Å²) in [6, 6.07) is 3.35. The van der Waals surface area contributed by atoms with Crippen molar-refractivity contribution in [2.45, 2.75) is 12.5 Å². The minimum atomic E-state index is -3.67. The van der Waals surface area contributed by atoms with Gasteiger partial charge in [0.1, 0.15) is 0 Å². The average Bonchev–Trinajstić information content (AvgIpc) is 2.49. The number of carboxylic acid groups (broad SMARTS) is 1. The van der Waals surface area contributed by atoms with Crippen LogP contribution in [0.5, 0.6) is 0 Å². The molecule has 0 aliphatic rings. The van der Waals surface area contributed by atoms with Gasteiger partial charge in [0.25, 0.3) is 10.1 Å². The number of carboxylic acids is 1. The van der Waals surface area contributed by atoms with Crippen LogP contribution in [-0.4, -0.2) is 30.3 Å². The Balaban J connectivity index is 0.000000385.